The number of rotatable bonds is 5. The molecule has 5 aliphatic carbocycles. The third-order valence-corrected chi connectivity index (χ3v) is 12.2. The molecule has 3 spiro atoms. The van der Waals surface area contributed by atoms with Gasteiger partial charge in [0.2, 0.25) is 0 Å². The summed E-state index contributed by atoms with van der Waals surface area (Å²) in [7, 11) is 5.23. The quantitative estimate of drug-likeness (QED) is 0.553. The molecule has 0 amide bonds. The first kappa shape index (κ1) is 24.2. The van der Waals surface area contributed by atoms with Crippen LogP contribution in [0.1, 0.15) is 46.5 Å². The fourth-order valence-corrected chi connectivity index (χ4v) is 11.7. The van der Waals surface area contributed by atoms with E-state index in [0.717, 1.165) is 25.9 Å². The molecule has 7 rings (SSSR count). The third-order valence-electron chi connectivity index (χ3n) is 12.2. The number of likely N-dealkylation sites (N-methyl/N-ethyl adjacent to an activating group) is 1. The van der Waals surface area contributed by atoms with E-state index in [9.17, 15) is 9.90 Å². The number of carbonyl (C=O) groups excluding carboxylic acids is 1. The van der Waals surface area contributed by atoms with Crippen LogP contribution in [-0.2, 0) is 33.2 Å². The number of methoxy groups -OCH3 is 3. The molecule has 7 fully saturated rings. The summed E-state index contributed by atoms with van der Waals surface area (Å²) in [6.07, 6.45) is 1.69. The summed E-state index contributed by atoms with van der Waals surface area (Å²) < 4.78 is 38.7. The second-order valence-electron chi connectivity index (χ2n) is 12.9. The van der Waals surface area contributed by atoms with Gasteiger partial charge in [-0.1, -0.05) is 13.8 Å². The van der Waals surface area contributed by atoms with Crippen LogP contribution in [0.2, 0.25) is 0 Å². The van der Waals surface area contributed by atoms with E-state index in [2.05, 4.69) is 18.7 Å². The Morgan fingerprint density at radius 1 is 1.11 bits per heavy atom. The van der Waals surface area contributed by atoms with Crippen LogP contribution in [0.3, 0.4) is 0 Å². The summed E-state index contributed by atoms with van der Waals surface area (Å²) in [4.78, 5) is 15.3. The van der Waals surface area contributed by atoms with Crippen molar-refractivity contribution in [2.24, 2.45) is 28.6 Å². The van der Waals surface area contributed by atoms with E-state index in [4.69, 9.17) is 28.4 Å². The number of hydrogen-bond acceptors (Lipinski definition) is 9. The van der Waals surface area contributed by atoms with Crippen LogP contribution < -0.4 is 0 Å². The Hall–Kier alpha value is -0.810. The summed E-state index contributed by atoms with van der Waals surface area (Å²) in [5.74, 6) is -0.771. The highest BCUT2D eigenvalue weighted by Crippen LogP contribution is 2.83. The molecule has 36 heavy (non-hydrogen) atoms. The lowest BCUT2D eigenvalue weighted by atomic mass is 9.41. The molecule has 2 aliphatic heterocycles. The molecule has 0 aromatic carbocycles. The average Bonchev–Trinajstić information content (AvgIpc) is 3.40. The van der Waals surface area contributed by atoms with Crippen molar-refractivity contribution in [3.63, 3.8) is 0 Å². The number of ether oxygens (including phenoxy) is 6. The third kappa shape index (κ3) is 2.16. The standard InChI is InChI=1S/C27H41NO8/c1-7-28-12-23(3)9-8-17(32-5)26-20(23)21(36-14(2)29)27(22(26)28)25(34-13-35-27)11-16(31-4)15-10-24(26,30)19(25)18(15)33-6/h15-22,30H,7-13H2,1-6H3/t15?,16-,17?,18?,19?,20?,21?,22?,23-,24?,25?,26+,27+/m0/s1. The predicted octanol–water partition coefficient (Wildman–Crippen LogP) is 1.35. The van der Waals surface area contributed by atoms with Crippen LogP contribution in [0.15, 0.2) is 0 Å². The number of likely N-dealkylation sites (tertiary alicyclic amines) is 1. The number of aliphatic hydroxyl groups is 1. The number of piperidine rings is 1. The van der Waals surface area contributed by atoms with Crippen LogP contribution in [0.4, 0.5) is 0 Å². The minimum absolute atomic E-state index is 0.0317. The Labute approximate surface area is 213 Å². The lowest BCUT2D eigenvalue weighted by Crippen LogP contribution is -2.85. The van der Waals surface area contributed by atoms with Gasteiger partial charge in [0.15, 0.2) is 5.60 Å². The number of carbonyl (C=O) groups is 1. The van der Waals surface area contributed by atoms with Gasteiger partial charge in [0.25, 0.3) is 0 Å². The van der Waals surface area contributed by atoms with Crippen molar-refractivity contribution in [2.75, 3.05) is 41.2 Å². The Morgan fingerprint density at radius 3 is 2.53 bits per heavy atom. The number of fused-ring (bicyclic) bond motifs is 1. The minimum atomic E-state index is -1.16. The maximum absolute atomic E-state index is 13.4. The fourth-order valence-electron chi connectivity index (χ4n) is 11.7. The molecule has 9 unspecified atom stereocenters. The molecule has 7 aliphatic rings. The Kier molecular flexibility index (Phi) is 4.87. The SMILES string of the molecule is CCN1C[C@]2(C)CCC(OC)[C@]34C2C(OC(C)=O)[C@@]2(OCOC25C[C@H](OC)C2CC3(O)C5C2OC)C14. The van der Waals surface area contributed by atoms with Crippen LogP contribution in [-0.4, -0.2) is 104 Å². The summed E-state index contributed by atoms with van der Waals surface area (Å²) in [6, 6.07) is -0.224. The fraction of sp³-hybridized carbons (Fsp3) is 0.963. The van der Waals surface area contributed by atoms with Crippen LogP contribution in [0.5, 0.6) is 0 Å². The molecule has 2 heterocycles. The smallest absolute Gasteiger partial charge is 0.303 e. The van der Waals surface area contributed by atoms with Crippen molar-refractivity contribution in [3.05, 3.63) is 0 Å². The van der Waals surface area contributed by atoms with Gasteiger partial charge in [-0.05, 0) is 31.2 Å². The Balaban J connectivity index is 1.61. The summed E-state index contributed by atoms with van der Waals surface area (Å²) in [5, 5.41) is 13.4. The zero-order valence-electron chi connectivity index (χ0n) is 22.3. The van der Waals surface area contributed by atoms with E-state index in [0.29, 0.717) is 12.8 Å². The van der Waals surface area contributed by atoms with Gasteiger partial charge in [-0.15, -0.1) is 0 Å². The zero-order valence-corrected chi connectivity index (χ0v) is 22.3. The first-order chi connectivity index (χ1) is 17.2. The van der Waals surface area contributed by atoms with Crippen LogP contribution in [0.25, 0.3) is 0 Å². The normalized spacial score (nSPS) is 60.2. The van der Waals surface area contributed by atoms with Gasteiger partial charge < -0.3 is 33.5 Å². The molecule has 1 N–H and O–H groups in total. The molecule has 0 radical (unpaired) electrons. The summed E-state index contributed by atoms with van der Waals surface area (Å²) in [5.41, 5.74) is -3.94. The second-order valence-corrected chi connectivity index (χ2v) is 12.9. The maximum atomic E-state index is 13.4. The Bertz CT molecular complexity index is 979. The first-order valence-electron chi connectivity index (χ1n) is 13.7. The van der Waals surface area contributed by atoms with E-state index in [1.807, 2.05) is 0 Å². The van der Waals surface area contributed by atoms with Crippen molar-refractivity contribution >= 4 is 5.97 Å². The van der Waals surface area contributed by atoms with Crippen LogP contribution >= 0.6 is 0 Å². The van der Waals surface area contributed by atoms with Crippen molar-refractivity contribution in [1.82, 2.24) is 4.90 Å². The monoisotopic (exact) mass is 507 g/mol. The molecular weight excluding hydrogens is 466 g/mol. The number of nitrogens with zero attached hydrogens (tertiary/aromatic N) is 1. The lowest BCUT2D eigenvalue weighted by Gasteiger charge is -2.71. The largest absolute Gasteiger partial charge is 0.459 e. The van der Waals surface area contributed by atoms with Crippen molar-refractivity contribution < 1.29 is 38.3 Å². The highest BCUT2D eigenvalue weighted by atomic mass is 16.7. The topological polar surface area (TPSA) is 95.9 Å². The molecule has 0 aromatic heterocycles. The van der Waals surface area contributed by atoms with Crippen molar-refractivity contribution in [2.45, 2.75) is 93.7 Å². The van der Waals surface area contributed by atoms with Gasteiger partial charge in [0, 0.05) is 59.0 Å². The number of esters is 1. The van der Waals surface area contributed by atoms with E-state index in [1.165, 1.54) is 6.92 Å². The molecule has 202 valence electrons. The molecule has 9 heteroatoms. The molecule has 2 saturated heterocycles. The van der Waals surface area contributed by atoms with Gasteiger partial charge in [0.05, 0.1) is 35.4 Å². The molecule has 7 bridgehead atoms. The van der Waals surface area contributed by atoms with Gasteiger partial charge >= 0.3 is 5.97 Å². The van der Waals surface area contributed by atoms with Gasteiger partial charge in [-0.2, -0.15) is 0 Å². The Morgan fingerprint density at radius 2 is 1.89 bits per heavy atom. The minimum Gasteiger partial charge on any atom is -0.459 e. The van der Waals surface area contributed by atoms with E-state index >= 15 is 0 Å². The first-order valence-corrected chi connectivity index (χ1v) is 13.7. The average molecular weight is 508 g/mol. The molecule has 13 atom stereocenters. The van der Waals surface area contributed by atoms with Gasteiger partial charge in [-0.3, -0.25) is 9.69 Å². The molecule has 0 aromatic rings. The maximum Gasteiger partial charge on any atom is 0.303 e. The highest BCUT2D eigenvalue weighted by molar-refractivity contribution is 5.67. The second kappa shape index (κ2) is 7.23. The van der Waals surface area contributed by atoms with Crippen molar-refractivity contribution in [3.8, 4) is 0 Å². The zero-order chi connectivity index (χ0) is 25.5. The highest BCUT2D eigenvalue weighted by Gasteiger charge is 2.97. The molecule has 9 nitrogen and oxygen atoms in total. The molecular formula is C27H41NO8. The lowest BCUT2D eigenvalue weighted by molar-refractivity contribution is -0.332. The van der Waals surface area contributed by atoms with E-state index in [1.54, 1.807) is 21.3 Å². The molecule has 5 saturated carbocycles. The van der Waals surface area contributed by atoms with E-state index in [-0.39, 0.29) is 60.3 Å². The predicted molar refractivity (Wildman–Crippen MR) is 126 cm³/mol. The van der Waals surface area contributed by atoms with E-state index < -0.39 is 28.3 Å². The summed E-state index contributed by atoms with van der Waals surface area (Å²) >= 11 is 0. The van der Waals surface area contributed by atoms with Gasteiger partial charge in [-0.25, -0.2) is 0 Å². The number of hydrogen-bond donors (Lipinski definition) is 1. The van der Waals surface area contributed by atoms with Crippen molar-refractivity contribution in [1.29, 1.82) is 0 Å². The van der Waals surface area contributed by atoms with Gasteiger partial charge in [0.1, 0.15) is 18.5 Å². The van der Waals surface area contributed by atoms with Crippen LogP contribution in [0, 0.1) is 28.6 Å². The summed E-state index contributed by atoms with van der Waals surface area (Å²) in [6.45, 7) is 7.72.